The van der Waals surface area contributed by atoms with Gasteiger partial charge in [0.05, 0.1) is 24.6 Å². The van der Waals surface area contributed by atoms with Crippen LogP contribution in [-0.2, 0) is 9.59 Å². The third kappa shape index (κ3) is 5.41. The smallest absolute Gasteiger partial charge is 0.262 e. The highest BCUT2D eigenvalue weighted by Crippen LogP contribution is 2.38. The van der Waals surface area contributed by atoms with Gasteiger partial charge in [0.2, 0.25) is 5.91 Å². The number of hydrogen-bond donors (Lipinski definition) is 1. The zero-order valence-corrected chi connectivity index (χ0v) is 21.2. The Morgan fingerprint density at radius 2 is 1.84 bits per heavy atom. The first-order chi connectivity index (χ1) is 17.9. The van der Waals surface area contributed by atoms with Crippen molar-refractivity contribution in [2.24, 2.45) is 10.1 Å². The van der Waals surface area contributed by atoms with E-state index < -0.39 is 5.25 Å². The monoisotopic (exact) mass is 516 g/mol. The predicted octanol–water partition coefficient (Wildman–Crippen LogP) is 5.32. The lowest BCUT2D eigenvalue weighted by molar-refractivity contribution is -0.121. The summed E-state index contributed by atoms with van der Waals surface area (Å²) in [5, 5.41) is 9.12. The number of carbonyl (C=O) groups is 2. The van der Waals surface area contributed by atoms with Crippen LogP contribution in [0.4, 0.5) is 10.1 Å². The maximum atomic E-state index is 13.6. The van der Waals surface area contributed by atoms with Gasteiger partial charge in [-0.2, -0.15) is 10.1 Å². The molecule has 2 atom stereocenters. The van der Waals surface area contributed by atoms with Crippen LogP contribution >= 0.6 is 11.8 Å². The van der Waals surface area contributed by atoms with Crippen molar-refractivity contribution in [3.8, 4) is 5.75 Å². The zero-order chi connectivity index (χ0) is 25.9. The number of aryl methyl sites for hydroxylation is 1. The molecule has 2 aliphatic heterocycles. The van der Waals surface area contributed by atoms with Crippen molar-refractivity contribution in [2.75, 3.05) is 12.4 Å². The summed E-state index contributed by atoms with van der Waals surface area (Å²) >= 11 is 1.22. The van der Waals surface area contributed by atoms with Gasteiger partial charge in [0.25, 0.3) is 5.91 Å². The van der Waals surface area contributed by atoms with Crippen LogP contribution < -0.4 is 10.1 Å². The van der Waals surface area contributed by atoms with Gasteiger partial charge in [-0.05, 0) is 42.3 Å². The molecule has 2 aliphatic rings. The molecule has 1 N–H and O–H groups in total. The fraction of sp³-hybridized carbons (Fsp3) is 0.214. The number of nitrogens with one attached hydrogen (secondary N) is 1. The van der Waals surface area contributed by atoms with Crippen LogP contribution in [0.2, 0.25) is 0 Å². The molecular weight excluding hydrogens is 491 g/mol. The largest absolute Gasteiger partial charge is 0.495 e. The molecule has 2 amide bonds. The van der Waals surface area contributed by atoms with E-state index in [4.69, 9.17) is 9.84 Å². The Bertz CT molecular complexity index is 1390. The number of nitrogens with zero attached hydrogens (tertiary/aromatic N) is 3. The lowest BCUT2D eigenvalue weighted by Crippen LogP contribution is -2.25. The van der Waals surface area contributed by atoms with Crippen molar-refractivity contribution in [1.82, 2.24) is 5.01 Å². The highest BCUT2D eigenvalue weighted by molar-refractivity contribution is 8.15. The second kappa shape index (κ2) is 10.6. The Kier molecular flexibility index (Phi) is 7.05. The maximum Gasteiger partial charge on any atom is 0.262 e. The van der Waals surface area contributed by atoms with Gasteiger partial charge < -0.3 is 10.1 Å². The molecule has 3 aromatic carbocycles. The molecule has 5 rings (SSSR count). The number of benzene rings is 3. The Hall–Kier alpha value is -3.98. The van der Waals surface area contributed by atoms with Gasteiger partial charge >= 0.3 is 0 Å². The SMILES string of the molecule is COc1ccccc1NC(=O)C[C@H]1SC(N2N=C(c3ccc(C)cc3)C[C@@H]2c2ccc(F)cc2)=NC1=O. The van der Waals surface area contributed by atoms with E-state index in [-0.39, 0.29) is 30.1 Å². The number of hydrogen-bond acceptors (Lipinski definition) is 6. The number of rotatable bonds is 6. The van der Waals surface area contributed by atoms with Crippen LogP contribution in [0.25, 0.3) is 0 Å². The minimum Gasteiger partial charge on any atom is -0.495 e. The summed E-state index contributed by atoms with van der Waals surface area (Å²) in [6, 6.07) is 21.2. The van der Waals surface area contributed by atoms with Gasteiger partial charge in [-0.1, -0.05) is 65.9 Å². The first-order valence-electron chi connectivity index (χ1n) is 11.8. The van der Waals surface area contributed by atoms with Crippen molar-refractivity contribution >= 4 is 40.1 Å². The number of amidine groups is 1. The van der Waals surface area contributed by atoms with Gasteiger partial charge in [-0.15, -0.1) is 0 Å². The van der Waals surface area contributed by atoms with Crippen LogP contribution in [0, 0.1) is 12.7 Å². The van der Waals surface area contributed by atoms with Crippen molar-refractivity contribution in [3.63, 3.8) is 0 Å². The van der Waals surface area contributed by atoms with Crippen LogP contribution in [-0.4, -0.2) is 40.1 Å². The van der Waals surface area contributed by atoms with Crippen LogP contribution in [0.5, 0.6) is 5.75 Å². The number of ether oxygens (including phenoxy) is 1. The molecule has 7 nitrogen and oxygen atoms in total. The topological polar surface area (TPSA) is 83.4 Å². The summed E-state index contributed by atoms with van der Waals surface area (Å²) in [6.45, 7) is 2.02. The fourth-order valence-corrected chi connectivity index (χ4v) is 5.34. The average molecular weight is 517 g/mol. The van der Waals surface area contributed by atoms with E-state index in [2.05, 4.69) is 10.3 Å². The number of amides is 2. The number of thioether (sulfide) groups is 1. The molecule has 0 aromatic heterocycles. The van der Waals surface area contributed by atoms with Gasteiger partial charge in [-0.3, -0.25) is 9.59 Å². The molecule has 188 valence electrons. The van der Waals surface area contributed by atoms with Crippen LogP contribution in [0.3, 0.4) is 0 Å². The first kappa shape index (κ1) is 24.7. The second-order valence-corrected chi connectivity index (χ2v) is 9.99. The van der Waals surface area contributed by atoms with Crippen molar-refractivity contribution in [2.45, 2.75) is 31.1 Å². The molecule has 37 heavy (non-hydrogen) atoms. The molecule has 0 bridgehead atoms. The highest BCUT2D eigenvalue weighted by atomic mass is 32.2. The van der Waals surface area contributed by atoms with Crippen molar-refractivity contribution in [3.05, 3.63) is 95.3 Å². The lowest BCUT2D eigenvalue weighted by atomic mass is 9.98. The van der Waals surface area contributed by atoms with E-state index in [0.29, 0.717) is 23.0 Å². The molecule has 3 aromatic rings. The van der Waals surface area contributed by atoms with Crippen LogP contribution in [0.15, 0.2) is 82.9 Å². The Balaban J connectivity index is 1.35. The third-order valence-electron chi connectivity index (χ3n) is 6.23. The van der Waals surface area contributed by atoms with E-state index in [9.17, 15) is 14.0 Å². The van der Waals surface area contributed by atoms with E-state index in [1.54, 1.807) is 35.3 Å². The minimum absolute atomic E-state index is 0.0435. The highest BCUT2D eigenvalue weighted by Gasteiger charge is 2.39. The van der Waals surface area contributed by atoms with Gasteiger partial charge in [0.15, 0.2) is 5.17 Å². The molecule has 0 radical (unpaired) electrons. The minimum atomic E-state index is -0.669. The normalized spacial score (nSPS) is 19.0. The average Bonchev–Trinajstić information content (AvgIpc) is 3.49. The van der Waals surface area contributed by atoms with E-state index in [0.717, 1.165) is 22.4 Å². The molecule has 0 spiro atoms. The number of methoxy groups -OCH3 is 1. The number of para-hydroxylation sites is 2. The third-order valence-corrected chi connectivity index (χ3v) is 7.37. The van der Waals surface area contributed by atoms with E-state index in [1.165, 1.54) is 31.0 Å². The predicted molar refractivity (Wildman–Crippen MR) is 143 cm³/mol. The zero-order valence-electron chi connectivity index (χ0n) is 20.3. The molecule has 0 aliphatic carbocycles. The Labute approximate surface area is 218 Å². The van der Waals surface area contributed by atoms with Crippen LogP contribution in [0.1, 0.15) is 35.6 Å². The molecular formula is C28H25FN4O3S. The number of halogens is 1. The maximum absolute atomic E-state index is 13.6. The van der Waals surface area contributed by atoms with E-state index >= 15 is 0 Å². The van der Waals surface area contributed by atoms with Crippen molar-refractivity contribution in [1.29, 1.82) is 0 Å². The fourth-order valence-electron chi connectivity index (χ4n) is 4.27. The van der Waals surface area contributed by atoms with Gasteiger partial charge in [0, 0.05) is 12.8 Å². The summed E-state index contributed by atoms with van der Waals surface area (Å²) in [7, 11) is 1.53. The Morgan fingerprint density at radius 1 is 1.11 bits per heavy atom. The van der Waals surface area contributed by atoms with Gasteiger partial charge in [-0.25, -0.2) is 9.40 Å². The Morgan fingerprint density at radius 3 is 2.57 bits per heavy atom. The lowest BCUT2D eigenvalue weighted by Gasteiger charge is -2.23. The number of carbonyl (C=O) groups excluding carboxylic acids is 2. The summed E-state index contributed by atoms with van der Waals surface area (Å²) < 4.78 is 18.9. The van der Waals surface area contributed by atoms with Crippen molar-refractivity contribution < 1.29 is 18.7 Å². The van der Waals surface area contributed by atoms with Gasteiger partial charge in [0.1, 0.15) is 16.8 Å². The molecule has 2 heterocycles. The molecule has 0 fully saturated rings. The molecule has 0 saturated carbocycles. The molecule has 0 unspecified atom stereocenters. The standard InChI is InChI=1S/C28H25FN4O3S/c1-17-7-9-18(10-8-17)22-15-23(19-11-13-20(29)14-12-19)33(32-22)28-31-27(35)25(37-28)16-26(34)30-21-5-3-4-6-24(21)36-2/h3-14,23,25H,15-16H2,1-2H3,(H,30,34)/t23-,25-/m1/s1. The van der Waals surface area contributed by atoms with E-state index in [1.807, 2.05) is 37.3 Å². The molecule has 0 saturated heterocycles. The summed E-state index contributed by atoms with van der Waals surface area (Å²) in [5.41, 5.74) is 4.37. The molecule has 9 heteroatoms. The summed E-state index contributed by atoms with van der Waals surface area (Å²) in [4.78, 5) is 29.8. The summed E-state index contributed by atoms with van der Waals surface area (Å²) in [6.07, 6.45) is 0.527. The number of aliphatic imine (C=N–C) groups is 1. The number of hydrazone groups is 1. The quantitative estimate of drug-likeness (QED) is 0.480. The second-order valence-electron chi connectivity index (χ2n) is 8.82. The first-order valence-corrected chi connectivity index (χ1v) is 12.7. The summed E-state index contributed by atoms with van der Waals surface area (Å²) in [5.74, 6) is -0.480. The number of anilines is 1.